The molecule has 1 unspecified atom stereocenters. The highest BCUT2D eigenvalue weighted by Crippen LogP contribution is 2.17. The number of dihydropyridines is 1. The molecule has 0 saturated carbocycles. The molecule has 1 atom stereocenters. The van der Waals surface area contributed by atoms with E-state index < -0.39 is 24.1 Å². The predicted octanol–water partition coefficient (Wildman–Crippen LogP) is 3.37. The zero-order valence-electron chi connectivity index (χ0n) is 17.2. The molecule has 2 aromatic rings. The highest BCUT2D eigenvalue weighted by Gasteiger charge is 2.26. The fraction of sp³-hybridized carbons (Fsp3) is 0.208. The van der Waals surface area contributed by atoms with Crippen molar-refractivity contribution < 1.29 is 23.9 Å². The number of esters is 1. The number of rotatable bonds is 8. The van der Waals surface area contributed by atoms with E-state index in [4.69, 9.17) is 9.47 Å². The molecular weight excluding hydrogens is 396 g/mol. The summed E-state index contributed by atoms with van der Waals surface area (Å²) in [6.45, 7) is 1.67. The molecule has 31 heavy (non-hydrogen) atoms. The van der Waals surface area contributed by atoms with Gasteiger partial charge < -0.3 is 14.8 Å². The average Bonchev–Trinajstić information content (AvgIpc) is 2.80. The van der Waals surface area contributed by atoms with Crippen LogP contribution in [0.2, 0.25) is 0 Å². The maximum Gasteiger partial charge on any atom is 0.411 e. The van der Waals surface area contributed by atoms with Crippen LogP contribution in [-0.4, -0.2) is 24.1 Å². The minimum absolute atomic E-state index is 0.0340. The SMILES string of the molecule is CCC(=O)C(=O)OC1NC=C(Cc2ccccc2)C=C1NC(=O)OCc1ccccc1. The standard InChI is InChI=1S/C24H24N2O5/c1-2-21(27)23(28)31-22-20(26-24(29)30-16-18-11-7-4-8-12-18)14-19(15-25-22)13-17-9-5-3-6-10-17/h3-12,14-15,22,25H,2,13,16H2,1H3,(H,26,29). The molecule has 160 valence electrons. The Balaban J connectivity index is 1.69. The van der Waals surface area contributed by atoms with Crippen LogP contribution in [0.4, 0.5) is 4.79 Å². The van der Waals surface area contributed by atoms with Crippen LogP contribution in [0.3, 0.4) is 0 Å². The molecule has 7 heteroatoms. The summed E-state index contributed by atoms with van der Waals surface area (Å²) in [6.07, 6.45) is 2.34. The summed E-state index contributed by atoms with van der Waals surface area (Å²) < 4.78 is 10.5. The normalized spacial score (nSPS) is 15.1. The van der Waals surface area contributed by atoms with Crippen molar-refractivity contribution in [3.8, 4) is 0 Å². The van der Waals surface area contributed by atoms with E-state index in [1.807, 2.05) is 60.7 Å². The lowest BCUT2D eigenvalue weighted by Gasteiger charge is -2.25. The number of carbonyl (C=O) groups is 3. The quantitative estimate of drug-likeness (QED) is 0.502. The van der Waals surface area contributed by atoms with Gasteiger partial charge >= 0.3 is 12.1 Å². The van der Waals surface area contributed by atoms with E-state index in [-0.39, 0.29) is 18.7 Å². The summed E-state index contributed by atoms with van der Waals surface area (Å²) in [5, 5.41) is 5.56. The molecule has 7 nitrogen and oxygen atoms in total. The molecule has 0 radical (unpaired) electrons. The lowest BCUT2D eigenvalue weighted by atomic mass is 10.0. The minimum atomic E-state index is -1.01. The van der Waals surface area contributed by atoms with Crippen molar-refractivity contribution in [2.45, 2.75) is 32.6 Å². The molecule has 0 aromatic heterocycles. The van der Waals surface area contributed by atoms with Gasteiger partial charge in [-0.25, -0.2) is 9.59 Å². The number of allylic oxidation sites excluding steroid dienone is 2. The number of hydrogen-bond acceptors (Lipinski definition) is 6. The molecular formula is C24H24N2O5. The number of amides is 1. The largest absolute Gasteiger partial charge is 0.444 e. The molecule has 1 aliphatic heterocycles. The first-order valence-electron chi connectivity index (χ1n) is 9.97. The molecule has 2 aromatic carbocycles. The maximum atomic E-state index is 12.3. The third-order valence-electron chi connectivity index (χ3n) is 4.53. The molecule has 0 fully saturated rings. The molecule has 3 rings (SSSR count). The summed E-state index contributed by atoms with van der Waals surface area (Å²) in [5.41, 5.74) is 3.06. The number of alkyl carbamates (subject to hydrolysis) is 1. The van der Waals surface area contributed by atoms with E-state index >= 15 is 0 Å². The van der Waals surface area contributed by atoms with Gasteiger partial charge in [0.1, 0.15) is 6.61 Å². The van der Waals surface area contributed by atoms with Crippen LogP contribution in [0, 0.1) is 0 Å². The number of ether oxygens (including phenoxy) is 2. The first-order chi connectivity index (χ1) is 15.0. The summed E-state index contributed by atoms with van der Waals surface area (Å²) in [4.78, 5) is 35.9. The molecule has 0 saturated heterocycles. The maximum absolute atomic E-state index is 12.3. The molecule has 0 bridgehead atoms. The van der Waals surface area contributed by atoms with Crippen LogP contribution >= 0.6 is 0 Å². The van der Waals surface area contributed by atoms with E-state index in [0.29, 0.717) is 6.42 Å². The van der Waals surface area contributed by atoms with Crippen LogP contribution in [0.15, 0.2) is 84.2 Å². The van der Waals surface area contributed by atoms with Gasteiger partial charge in [-0.2, -0.15) is 0 Å². The third kappa shape index (κ3) is 6.57. The molecule has 1 amide bonds. The number of carbonyl (C=O) groups excluding carboxylic acids is 3. The lowest BCUT2D eigenvalue weighted by Crippen LogP contribution is -2.43. The Morgan fingerprint density at radius 3 is 2.26 bits per heavy atom. The topological polar surface area (TPSA) is 93.7 Å². The highest BCUT2D eigenvalue weighted by molar-refractivity contribution is 6.33. The van der Waals surface area contributed by atoms with E-state index in [2.05, 4.69) is 10.6 Å². The second-order valence-corrected chi connectivity index (χ2v) is 6.90. The Hall–Kier alpha value is -3.87. The molecule has 2 N–H and O–H groups in total. The number of ketones is 1. The van der Waals surface area contributed by atoms with Gasteiger partial charge in [-0.05, 0) is 29.2 Å². The summed E-state index contributed by atoms with van der Waals surface area (Å²) in [7, 11) is 0. The van der Waals surface area contributed by atoms with Gasteiger partial charge in [-0.3, -0.25) is 10.1 Å². The van der Waals surface area contributed by atoms with Crippen molar-refractivity contribution in [2.24, 2.45) is 0 Å². The Morgan fingerprint density at radius 1 is 0.968 bits per heavy atom. The zero-order valence-corrected chi connectivity index (χ0v) is 17.2. The average molecular weight is 420 g/mol. The number of nitrogens with one attached hydrogen (secondary N) is 2. The van der Waals surface area contributed by atoms with E-state index in [1.54, 1.807) is 19.2 Å². The summed E-state index contributed by atoms with van der Waals surface area (Å²) in [6, 6.07) is 19.1. The van der Waals surface area contributed by atoms with Crippen LogP contribution in [0.25, 0.3) is 0 Å². The van der Waals surface area contributed by atoms with Crippen LogP contribution < -0.4 is 10.6 Å². The third-order valence-corrected chi connectivity index (χ3v) is 4.53. The van der Waals surface area contributed by atoms with Crippen LogP contribution in [-0.2, 0) is 32.1 Å². The van der Waals surface area contributed by atoms with E-state index in [1.165, 1.54) is 0 Å². The van der Waals surface area contributed by atoms with Crippen LogP contribution in [0.5, 0.6) is 0 Å². The highest BCUT2D eigenvalue weighted by atomic mass is 16.6. The number of benzene rings is 2. The fourth-order valence-electron chi connectivity index (χ4n) is 2.92. The van der Waals surface area contributed by atoms with Gasteiger partial charge in [-0.1, -0.05) is 67.6 Å². The van der Waals surface area contributed by atoms with Gasteiger partial charge in [0, 0.05) is 12.6 Å². The Kier molecular flexibility index (Phi) is 7.59. The van der Waals surface area contributed by atoms with Gasteiger partial charge in [0.25, 0.3) is 0 Å². The minimum Gasteiger partial charge on any atom is -0.444 e. The number of Topliss-reactive ketones (excluding diaryl/α,β-unsaturated/α-hetero) is 1. The second kappa shape index (κ2) is 10.8. The van der Waals surface area contributed by atoms with Crippen molar-refractivity contribution in [2.75, 3.05) is 0 Å². The van der Waals surface area contributed by atoms with Crippen molar-refractivity contribution in [1.82, 2.24) is 10.6 Å². The van der Waals surface area contributed by atoms with Crippen molar-refractivity contribution in [1.29, 1.82) is 0 Å². The Morgan fingerprint density at radius 2 is 1.61 bits per heavy atom. The van der Waals surface area contributed by atoms with Gasteiger partial charge in [0.15, 0.2) is 0 Å². The Labute approximate surface area is 180 Å². The lowest BCUT2D eigenvalue weighted by molar-refractivity contribution is -0.157. The first-order valence-corrected chi connectivity index (χ1v) is 9.97. The summed E-state index contributed by atoms with van der Waals surface area (Å²) >= 11 is 0. The van der Waals surface area contributed by atoms with Gasteiger partial charge in [0.05, 0.1) is 5.70 Å². The van der Waals surface area contributed by atoms with Gasteiger partial charge in [0.2, 0.25) is 12.0 Å². The predicted molar refractivity (Wildman–Crippen MR) is 114 cm³/mol. The Bertz CT molecular complexity index is 984. The first kappa shape index (κ1) is 21.8. The van der Waals surface area contributed by atoms with E-state index in [9.17, 15) is 14.4 Å². The zero-order chi connectivity index (χ0) is 22.1. The van der Waals surface area contributed by atoms with Crippen molar-refractivity contribution in [3.05, 3.63) is 95.3 Å². The van der Waals surface area contributed by atoms with E-state index in [0.717, 1.165) is 16.7 Å². The molecule has 0 spiro atoms. The second-order valence-electron chi connectivity index (χ2n) is 6.90. The van der Waals surface area contributed by atoms with Crippen molar-refractivity contribution >= 4 is 17.8 Å². The molecule has 1 aliphatic rings. The smallest absolute Gasteiger partial charge is 0.411 e. The number of hydrogen-bond donors (Lipinski definition) is 2. The fourth-order valence-corrected chi connectivity index (χ4v) is 2.92. The van der Waals surface area contributed by atoms with Gasteiger partial charge in [-0.15, -0.1) is 0 Å². The molecule has 1 heterocycles. The molecule has 0 aliphatic carbocycles. The summed E-state index contributed by atoms with van der Waals surface area (Å²) in [5.74, 6) is -1.61. The van der Waals surface area contributed by atoms with Crippen LogP contribution in [0.1, 0.15) is 24.5 Å². The van der Waals surface area contributed by atoms with Crippen molar-refractivity contribution in [3.63, 3.8) is 0 Å². The monoisotopic (exact) mass is 420 g/mol.